The van der Waals surface area contributed by atoms with Crippen molar-refractivity contribution < 1.29 is 22.7 Å². The fourth-order valence-corrected chi connectivity index (χ4v) is 5.23. The maximum Gasteiger partial charge on any atom is 0.271 e. The van der Waals surface area contributed by atoms with Gasteiger partial charge in [-0.15, -0.1) is 0 Å². The minimum absolute atomic E-state index is 0.0778. The third kappa shape index (κ3) is 3.86. The third-order valence-corrected chi connectivity index (χ3v) is 7.31. The molecule has 1 aromatic heterocycles. The van der Waals surface area contributed by atoms with Gasteiger partial charge in [0.05, 0.1) is 24.6 Å². The summed E-state index contributed by atoms with van der Waals surface area (Å²) in [5, 5.41) is 0.619. The molecule has 0 atom stereocenters. The van der Waals surface area contributed by atoms with E-state index in [-0.39, 0.29) is 16.5 Å². The van der Waals surface area contributed by atoms with Crippen LogP contribution < -0.4 is 9.47 Å². The molecule has 0 spiro atoms. The Labute approximate surface area is 181 Å². The maximum absolute atomic E-state index is 13.6. The molecule has 0 N–H and O–H groups in total. The molecular formula is C22H25N3O5S. The molecule has 164 valence electrons. The first kappa shape index (κ1) is 21.2. The van der Waals surface area contributed by atoms with Gasteiger partial charge in [-0.2, -0.15) is 0 Å². The van der Waals surface area contributed by atoms with Gasteiger partial charge in [-0.05, 0) is 55.6 Å². The van der Waals surface area contributed by atoms with Gasteiger partial charge >= 0.3 is 0 Å². The normalized spacial score (nSPS) is 15.3. The van der Waals surface area contributed by atoms with Gasteiger partial charge in [0.1, 0.15) is 17.2 Å². The molecule has 3 aromatic rings. The Morgan fingerprint density at radius 1 is 0.871 bits per heavy atom. The molecule has 0 unspecified atom stereocenters. The van der Waals surface area contributed by atoms with Crippen LogP contribution in [-0.4, -0.2) is 75.5 Å². The molecule has 2 heterocycles. The van der Waals surface area contributed by atoms with E-state index in [1.807, 2.05) is 7.05 Å². The van der Waals surface area contributed by atoms with Crippen molar-refractivity contribution >= 4 is 26.8 Å². The van der Waals surface area contributed by atoms with Crippen LogP contribution in [0.1, 0.15) is 10.5 Å². The molecule has 31 heavy (non-hydrogen) atoms. The molecule has 2 aromatic carbocycles. The van der Waals surface area contributed by atoms with Gasteiger partial charge in [0, 0.05) is 31.6 Å². The molecule has 1 aliphatic heterocycles. The second-order valence-corrected chi connectivity index (χ2v) is 9.28. The van der Waals surface area contributed by atoms with Crippen LogP contribution in [0.3, 0.4) is 0 Å². The Bertz CT molecular complexity index is 1210. The largest absolute Gasteiger partial charge is 0.497 e. The first-order valence-corrected chi connectivity index (χ1v) is 11.4. The zero-order valence-electron chi connectivity index (χ0n) is 17.7. The third-order valence-electron chi connectivity index (χ3n) is 5.57. The van der Waals surface area contributed by atoms with Crippen LogP contribution in [0.25, 0.3) is 10.9 Å². The molecule has 9 heteroatoms. The second kappa shape index (κ2) is 8.24. The van der Waals surface area contributed by atoms with E-state index in [0.29, 0.717) is 35.5 Å². The Morgan fingerprint density at radius 3 is 2.10 bits per heavy atom. The summed E-state index contributed by atoms with van der Waals surface area (Å²) in [4.78, 5) is 17.3. The molecule has 1 amide bonds. The summed E-state index contributed by atoms with van der Waals surface area (Å²) >= 11 is 0. The zero-order chi connectivity index (χ0) is 22.2. The van der Waals surface area contributed by atoms with Gasteiger partial charge in [-0.1, -0.05) is 0 Å². The molecule has 4 rings (SSSR count). The smallest absolute Gasteiger partial charge is 0.271 e. The molecule has 1 aliphatic rings. The molecule has 1 saturated heterocycles. The number of amides is 1. The number of piperazine rings is 1. The van der Waals surface area contributed by atoms with Gasteiger partial charge in [-0.3, -0.25) is 4.79 Å². The summed E-state index contributed by atoms with van der Waals surface area (Å²) in [6, 6.07) is 12.8. The Kier molecular flexibility index (Phi) is 5.63. The molecule has 0 radical (unpaired) electrons. The molecule has 0 saturated carbocycles. The highest BCUT2D eigenvalue weighted by Crippen LogP contribution is 2.30. The van der Waals surface area contributed by atoms with E-state index in [1.165, 1.54) is 19.2 Å². The number of hydrogen-bond acceptors (Lipinski definition) is 6. The monoisotopic (exact) mass is 443 g/mol. The van der Waals surface area contributed by atoms with Crippen LogP contribution in [0.15, 0.2) is 53.4 Å². The fraction of sp³-hybridized carbons (Fsp3) is 0.318. The predicted molar refractivity (Wildman–Crippen MR) is 117 cm³/mol. The van der Waals surface area contributed by atoms with Crippen molar-refractivity contribution in [3.05, 3.63) is 54.2 Å². The lowest BCUT2D eigenvalue weighted by Gasteiger charge is -2.32. The van der Waals surface area contributed by atoms with Gasteiger partial charge in [0.25, 0.3) is 15.9 Å². The lowest BCUT2D eigenvalue weighted by atomic mass is 10.2. The van der Waals surface area contributed by atoms with Crippen LogP contribution in [0.2, 0.25) is 0 Å². The number of carbonyl (C=O) groups excluding carboxylic acids is 1. The quantitative estimate of drug-likeness (QED) is 0.602. The number of nitrogens with zero attached hydrogens (tertiary/aromatic N) is 3. The summed E-state index contributed by atoms with van der Waals surface area (Å²) < 4.78 is 38.8. The van der Waals surface area contributed by atoms with Crippen molar-refractivity contribution in [3.8, 4) is 11.5 Å². The maximum atomic E-state index is 13.6. The van der Waals surface area contributed by atoms with Gasteiger partial charge in [0.2, 0.25) is 0 Å². The highest BCUT2D eigenvalue weighted by Gasteiger charge is 2.30. The Morgan fingerprint density at radius 2 is 1.48 bits per heavy atom. The lowest BCUT2D eigenvalue weighted by Crippen LogP contribution is -2.47. The van der Waals surface area contributed by atoms with E-state index in [0.717, 1.165) is 17.1 Å². The summed E-state index contributed by atoms with van der Waals surface area (Å²) in [7, 11) is 1.03. The SMILES string of the molecule is COc1ccc(S(=O)(=O)n2c(C(=O)N3CCN(C)CC3)cc3cc(OC)ccc32)cc1. The van der Waals surface area contributed by atoms with E-state index in [2.05, 4.69) is 4.90 Å². The van der Waals surface area contributed by atoms with Gasteiger partial charge in [0.15, 0.2) is 0 Å². The number of likely N-dealkylation sites (N-methyl/N-ethyl adjacent to an activating group) is 1. The number of benzene rings is 2. The average Bonchev–Trinajstić information content (AvgIpc) is 3.18. The van der Waals surface area contributed by atoms with Crippen LogP contribution >= 0.6 is 0 Å². The summed E-state index contributed by atoms with van der Waals surface area (Å²) in [6.45, 7) is 2.57. The molecule has 1 fully saturated rings. The van der Waals surface area contributed by atoms with Crippen molar-refractivity contribution in [1.29, 1.82) is 0 Å². The van der Waals surface area contributed by atoms with Gasteiger partial charge < -0.3 is 19.3 Å². The standard InChI is InChI=1S/C22H25N3O5S/c1-23-10-12-24(13-11-23)22(26)21-15-16-14-18(30-3)6-9-20(16)25(21)31(27,28)19-7-4-17(29-2)5-8-19/h4-9,14-15H,10-13H2,1-3H3. The van der Waals surface area contributed by atoms with Crippen molar-refractivity contribution in [2.45, 2.75) is 4.90 Å². The number of fused-ring (bicyclic) bond motifs is 1. The number of methoxy groups -OCH3 is 2. The van der Waals surface area contributed by atoms with Crippen molar-refractivity contribution in [3.63, 3.8) is 0 Å². The first-order chi connectivity index (χ1) is 14.8. The average molecular weight is 444 g/mol. The zero-order valence-corrected chi connectivity index (χ0v) is 18.6. The molecule has 0 bridgehead atoms. The topological polar surface area (TPSA) is 81.1 Å². The number of aromatic nitrogens is 1. The van der Waals surface area contributed by atoms with E-state index in [9.17, 15) is 13.2 Å². The lowest BCUT2D eigenvalue weighted by molar-refractivity contribution is 0.0657. The summed E-state index contributed by atoms with van der Waals surface area (Å²) in [5.74, 6) is 0.834. The minimum atomic E-state index is -4.03. The highest BCUT2D eigenvalue weighted by atomic mass is 32.2. The summed E-state index contributed by atoms with van der Waals surface area (Å²) in [5.41, 5.74) is 0.540. The van der Waals surface area contributed by atoms with Crippen LogP contribution in [0.4, 0.5) is 0 Å². The Balaban J connectivity index is 1.87. The molecular weight excluding hydrogens is 418 g/mol. The minimum Gasteiger partial charge on any atom is -0.497 e. The van der Waals surface area contributed by atoms with E-state index >= 15 is 0 Å². The van der Waals surface area contributed by atoms with Crippen molar-refractivity contribution in [1.82, 2.24) is 13.8 Å². The molecule has 0 aliphatic carbocycles. The number of carbonyl (C=O) groups is 1. The summed E-state index contributed by atoms with van der Waals surface area (Å²) in [6.07, 6.45) is 0. The number of ether oxygens (including phenoxy) is 2. The van der Waals surface area contributed by atoms with Crippen LogP contribution in [0, 0.1) is 0 Å². The van der Waals surface area contributed by atoms with Crippen molar-refractivity contribution in [2.75, 3.05) is 47.4 Å². The Hall–Kier alpha value is -3.04. The highest BCUT2D eigenvalue weighted by molar-refractivity contribution is 7.90. The van der Waals surface area contributed by atoms with Crippen LogP contribution in [0.5, 0.6) is 11.5 Å². The molecule has 8 nitrogen and oxygen atoms in total. The first-order valence-electron chi connectivity index (χ1n) is 9.92. The van der Waals surface area contributed by atoms with E-state index in [4.69, 9.17) is 9.47 Å². The van der Waals surface area contributed by atoms with Crippen molar-refractivity contribution in [2.24, 2.45) is 0 Å². The van der Waals surface area contributed by atoms with E-state index < -0.39 is 10.0 Å². The fourth-order valence-electron chi connectivity index (χ4n) is 3.73. The second-order valence-electron chi connectivity index (χ2n) is 7.49. The predicted octanol–water partition coefficient (Wildman–Crippen LogP) is 2.28. The number of rotatable bonds is 5. The number of hydrogen-bond donors (Lipinski definition) is 0. The van der Waals surface area contributed by atoms with E-state index in [1.54, 1.807) is 48.4 Å². The van der Waals surface area contributed by atoms with Gasteiger partial charge in [-0.25, -0.2) is 12.4 Å². The van der Waals surface area contributed by atoms with Crippen LogP contribution in [-0.2, 0) is 10.0 Å².